The van der Waals surface area contributed by atoms with Crippen molar-refractivity contribution in [2.45, 2.75) is 43.8 Å². The van der Waals surface area contributed by atoms with E-state index in [4.69, 9.17) is 5.11 Å². The summed E-state index contributed by atoms with van der Waals surface area (Å²) in [7, 11) is 0. The molecular formula is C12H23NO3. The minimum absolute atomic E-state index is 0.175. The van der Waals surface area contributed by atoms with Crippen LogP contribution in [0.25, 0.3) is 0 Å². The van der Waals surface area contributed by atoms with Gasteiger partial charge in [0, 0.05) is 25.6 Å². The Kier molecular flexibility index (Phi) is 3.85. The van der Waals surface area contributed by atoms with Gasteiger partial charge in [0.15, 0.2) is 0 Å². The molecule has 1 heterocycles. The zero-order valence-corrected chi connectivity index (χ0v) is 9.81. The van der Waals surface area contributed by atoms with Crippen LogP contribution in [0.2, 0.25) is 0 Å². The highest BCUT2D eigenvalue weighted by molar-refractivity contribution is 4.95. The second-order valence-corrected chi connectivity index (χ2v) is 5.39. The molecule has 0 aromatic heterocycles. The third-order valence-corrected chi connectivity index (χ3v) is 4.19. The zero-order chi connectivity index (χ0) is 11.6. The number of rotatable bonds is 3. The molecule has 1 aliphatic heterocycles. The number of fused-ring (bicyclic) bond motifs is 1. The van der Waals surface area contributed by atoms with E-state index in [2.05, 4.69) is 4.90 Å². The monoisotopic (exact) mass is 229 g/mol. The van der Waals surface area contributed by atoms with Crippen LogP contribution in [0.5, 0.6) is 0 Å². The molecule has 0 spiro atoms. The van der Waals surface area contributed by atoms with Gasteiger partial charge in [0.1, 0.15) is 0 Å². The first-order chi connectivity index (χ1) is 7.64. The summed E-state index contributed by atoms with van der Waals surface area (Å²) in [5.74, 6) is 0.362. The second-order valence-electron chi connectivity index (χ2n) is 5.39. The predicted octanol–water partition coefficient (Wildman–Crippen LogP) is -0.0334. The second kappa shape index (κ2) is 5.00. The highest BCUT2D eigenvalue weighted by atomic mass is 16.3. The van der Waals surface area contributed by atoms with E-state index in [1.807, 2.05) is 0 Å². The van der Waals surface area contributed by atoms with Gasteiger partial charge in [0.2, 0.25) is 0 Å². The first-order valence-electron chi connectivity index (χ1n) is 6.38. The van der Waals surface area contributed by atoms with E-state index in [1.165, 1.54) is 6.42 Å². The Labute approximate surface area is 96.9 Å². The predicted molar refractivity (Wildman–Crippen MR) is 61.1 cm³/mol. The van der Waals surface area contributed by atoms with Crippen LogP contribution in [-0.4, -0.2) is 58.2 Å². The lowest BCUT2D eigenvalue weighted by Crippen LogP contribution is -2.54. The Morgan fingerprint density at radius 3 is 2.88 bits per heavy atom. The van der Waals surface area contributed by atoms with Crippen molar-refractivity contribution in [1.82, 2.24) is 4.90 Å². The molecule has 1 saturated heterocycles. The molecule has 16 heavy (non-hydrogen) atoms. The van der Waals surface area contributed by atoms with E-state index in [1.54, 1.807) is 0 Å². The molecule has 4 heteroatoms. The molecule has 3 atom stereocenters. The summed E-state index contributed by atoms with van der Waals surface area (Å²) in [6.45, 7) is 2.06. The number of aliphatic hydroxyl groups excluding tert-OH is 2. The quantitative estimate of drug-likeness (QED) is 0.636. The molecule has 0 aromatic carbocycles. The third kappa shape index (κ3) is 2.56. The van der Waals surface area contributed by atoms with Crippen molar-refractivity contribution >= 4 is 0 Å². The van der Waals surface area contributed by atoms with Crippen LogP contribution in [0.4, 0.5) is 0 Å². The van der Waals surface area contributed by atoms with Crippen LogP contribution >= 0.6 is 0 Å². The van der Waals surface area contributed by atoms with Crippen molar-refractivity contribution in [3.63, 3.8) is 0 Å². The van der Waals surface area contributed by atoms with Gasteiger partial charge in [-0.3, -0.25) is 0 Å². The van der Waals surface area contributed by atoms with E-state index in [0.717, 1.165) is 38.8 Å². The number of β-amino-alcohol motifs (C(OH)–C–C–N with tert-alkyl or cyclic N) is 1. The molecule has 3 N–H and O–H groups in total. The fourth-order valence-electron chi connectivity index (χ4n) is 3.16. The van der Waals surface area contributed by atoms with Crippen molar-refractivity contribution in [2.24, 2.45) is 5.92 Å². The summed E-state index contributed by atoms with van der Waals surface area (Å²) in [5, 5.41) is 28.7. The molecule has 1 saturated carbocycles. The van der Waals surface area contributed by atoms with Crippen LogP contribution in [0.1, 0.15) is 32.1 Å². The van der Waals surface area contributed by atoms with E-state index in [-0.39, 0.29) is 6.61 Å². The minimum Gasteiger partial charge on any atom is -0.394 e. The number of aliphatic hydroxyl groups is 3. The fraction of sp³-hybridized carbons (Fsp3) is 1.00. The summed E-state index contributed by atoms with van der Waals surface area (Å²) in [5.41, 5.74) is -0.446. The molecule has 0 amide bonds. The van der Waals surface area contributed by atoms with Crippen molar-refractivity contribution < 1.29 is 15.3 Å². The maximum atomic E-state index is 10.5. The van der Waals surface area contributed by atoms with Gasteiger partial charge in [-0.15, -0.1) is 0 Å². The summed E-state index contributed by atoms with van der Waals surface area (Å²) < 4.78 is 0. The van der Waals surface area contributed by atoms with Crippen LogP contribution in [0.3, 0.4) is 0 Å². The molecule has 2 aliphatic rings. The average Bonchev–Trinajstić information content (AvgIpc) is 2.29. The number of piperidine rings is 1. The summed E-state index contributed by atoms with van der Waals surface area (Å²) in [6.07, 6.45) is 4.57. The van der Waals surface area contributed by atoms with Crippen molar-refractivity contribution in [2.75, 3.05) is 26.2 Å². The Bertz CT molecular complexity index is 236. The largest absolute Gasteiger partial charge is 0.394 e. The van der Waals surface area contributed by atoms with Crippen molar-refractivity contribution in [1.29, 1.82) is 0 Å². The van der Waals surface area contributed by atoms with Gasteiger partial charge < -0.3 is 20.2 Å². The van der Waals surface area contributed by atoms with E-state index in [0.29, 0.717) is 12.5 Å². The highest BCUT2D eigenvalue weighted by Crippen LogP contribution is 2.39. The molecule has 2 rings (SSSR count). The first kappa shape index (κ1) is 12.3. The van der Waals surface area contributed by atoms with E-state index >= 15 is 0 Å². The Morgan fingerprint density at radius 1 is 1.31 bits per heavy atom. The number of likely N-dealkylation sites (tertiary alicyclic amines) is 1. The van der Waals surface area contributed by atoms with Crippen molar-refractivity contribution in [3.05, 3.63) is 0 Å². The summed E-state index contributed by atoms with van der Waals surface area (Å²) in [6, 6.07) is 0. The van der Waals surface area contributed by atoms with Gasteiger partial charge in [-0.2, -0.15) is 0 Å². The number of hydrogen-bond donors (Lipinski definition) is 3. The topological polar surface area (TPSA) is 63.9 Å². The standard InChI is InChI=1S/C12H23NO3/c14-9-11(15)8-13-6-5-12(16)4-2-1-3-10(12)7-13/h10-11,14-16H,1-9H2. The maximum Gasteiger partial charge on any atom is 0.0897 e. The maximum absolute atomic E-state index is 10.5. The molecule has 1 aliphatic carbocycles. The Hall–Kier alpha value is -0.160. The number of nitrogens with zero attached hydrogens (tertiary/aromatic N) is 1. The molecule has 0 aromatic rings. The lowest BCUT2D eigenvalue weighted by Gasteiger charge is -2.47. The van der Waals surface area contributed by atoms with E-state index in [9.17, 15) is 10.2 Å². The van der Waals surface area contributed by atoms with Crippen LogP contribution in [0, 0.1) is 5.92 Å². The molecule has 4 nitrogen and oxygen atoms in total. The van der Waals surface area contributed by atoms with Gasteiger partial charge in [0.05, 0.1) is 18.3 Å². The SMILES string of the molecule is OCC(O)CN1CCC2(O)CCCCC2C1. The Morgan fingerprint density at radius 2 is 2.12 bits per heavy atom. The highest BCUT2D eigenvalue weighted by Gasteiger charge is 2.42. The third-order valence-electron chi connectivity index (χ3n) is 4.19. The van der Waals surface area contributed by atoms with Crippen LogP contribution in [-0.2, 0) is 0 Å². The molecule has 3 unspecified atom stereocenters. The molecule has 0 radical (unpaired) electrons. The average molecular weight is 229 g/mol. The smallest absolute Gasteiger partial charge is 0.0897 e. The fourth-order valence-corrected chi connectivity index (χ4v) is 3.16. The molecular weight excluding hydrogens is 206 g/mol. The van der Waals surface area contributed by atoms with Gasteiger partial charge in [-0.1, -0.05) is 12.8 Å². The van der Waals surface area contributed by atoms with Crippen molar-refractivity contribution in [3.8, 4) is 0 Å². The molecule has 2 fully saturated rings. The van der Waals surface area contributed by atoms with Gasteiger partial charge >= 0.3 is 0 Å². The van der Waals surface area contributed by atoms with Gasteiger partial charge in [-0.25, -0.2) is 0 Å². The van der Waals surface area contributed by atoms with Gasteiger partial charge in [0.25, 0.3) is 0 Å². The normalized spacial score (nSPS) is 38.1. The minimum atomic E-state index is -0.644. The summed E-state index contributed by atoms with van der Waals surface area (Å²) in [4.78, 5) is 2.17. The summed E-state index contributed by atoms with van der Waals surface area (Å²) >= 11 is 0. The van der Waals surface area contributed by atoms with Crippen LogP contribution < -0.4 is 0 Å². The molecule has 94 valence electrons. The lowest BCUT2D eigenvalue weighted by molar-refractivity contribution is -0.101. The van der Waals surface area contributed by atoms with Crippen LogP contribution in [0.15, 0.2) is 0 Å². The Balaban J connectivity index is 1.89. The zero-order valence-electron chi connectivity index (χ0n) is 9.81. The molecule has 0 bridgehead atoms. The first-order valence-corrected chi connectivity index (χ1v) is 6.38. The van der Waals surface area contributed by atoms with E-state index < -0.39 is 11.7 Å². The number of hydrogen-bond acceptors (Lipinski definition) is 4. The van der Waals surface area contributed by atoms with Gasteiger partial charge in [-0.05, 0) is 19.3 Å². The lowest BCUT2D eigenvalue weighted by atomic mass is 9.71.